The highest BCUT2D eigenvalue weighted by atomic mass is 35.5. The number of nitrogens with one attached hydrogen (secondary N) is 1. The number of nitrogens with zero attached hydrogens (tertiary/aromatic N) is 3. The molecule has 0 fully saturated rings. The Morgan fingerprint density at radius 2 is 1.95 bits per heavy atom. The van der Waals surface area contributed by atoms with E-state index in [1.807, 2.05) is 14.1 Å². The Morgan fingerprint density at radius 1 is 1.32 bits per heavy atom. The van der Waals surface area contributed by atoms with Crippen molar-refractivity contribution in [1.29, 1.82) is 0 Å². The van der Waals surface area contributed by atoms with Crippen molar-refractivity contribution < 1.29 is 0 Å². The molecule has 0 saturated heterocycles. The van der Waals surface area contributed by atoms with Crippen LogP contribution in [0.1, 0.15) is 17.2 Å². The van der Waals surface area contributed by atoms with Crippen molar-refractivity contribution in [3.05, 3.63) is 57.0 Å². The first kappa shape index (κ1) is 16.5. The second-order valence-electron chi connectivity index (χ2n) is 5.57. The van der Waals surface area contributed by atoms with E-state index < -0.39 is 0 Å². The van der Waals surface area contributed by atoms with Crippen molar-refractivity contribution in [2.24, 2.45) is 7.05 Å². The summed E-state index contributed by atoms with van der Waals surface area (Å²) in [5.74, 6) is 0. The van der Waals surface area contributed by atoms with Crippen molar-refractivity contribution >= 4 is 17.3 Å². The Kier molecular flexibility index (Phi) is 5.21. The Hall–Kier alpha value is -1.85. The first-order valence-corrected chi connectivity index (χ1v) is 7.46. The minimum absolute atomic E-state index is 0.166. The smallest absolute Gasteiger partial charge is 0.287 e. The van der Waals surface area contributed by atoms with Crippen LogP contribution < -0.4 is 10.9 Å². The van der Waals surface area contributed by atoms with Crippen LogP contribution in [-0.4, -0.2) is 35.3 Å². The highest BCUT2D eigenvalue weighted by molar-refractivity contribution is 6.32. The second kappa shape index (κ2) is 6.94. The van der Waals surface area contributed by atoms with Crippen molar-refractivity contribution in [3.63, 3.8) is 0 Å². The van der Waals surface area contributed by atoms with Crippen molar-refractivity contribution in [1.82, 2.24) is 14.7 Å². The molecule has 2 aromatic rings. The molecule has 0 radical (unpaired) electrons. The summed E-state index contributed by atoms with van der Waals surface area (Å²) in [7, 11) is 5.62. The number of benzene rings is 1. The number of halogens is 1. The van der Waals surface area contributed by atoms with Crippen LogP contribution in [0.3, 0.4) is 0 Å². The maximum Gasteiger partial charge on any atom is 0.287 e. The monoisotopic (exact) mass is 320 g/mol. The van der Waals surface area contributed by atoms with Crippen LogP contribution in [0.4, 0.5) is 5.69 Å². The topological polar surface area (TPSA) is 50.2 Å². The fourth-order valence-corrected chi connectivity index (χ4v) is 2.47. The average Bonchev–Trinajstić information content (AvgIpc) is 2.48. The molecule has 0 amide bonds. The van der Waals surface area contributed by atoms with Gasteiger partial charge in [-0.25, -0.2) is 4.68 Å². The summed E-state index contributed by atoms with van der Waals surface area (Å²) >= 11 is 6.08. The van der Waals surface area contributed by atoms with Crippen LogP contribution in [0.15, 0.2) is 35.3 Å². The van der Waals surface area contributed by atoms with Crippen LogP contribution in [-0.2, 0) is 7.05 Å². The highest BCUT2D eigenvalue weighted by Gasteiger charge is 2.15. The summed E-state index contributed by atoms with van der Waals surface area (Å²) in [5, 5.41) is 7.38. The number of anilines is 1. The molecule has 118 valence electrons. The standard InChI is InChI=1S/C16H21ClN4O/c1-11-5-7-12(8-6-11)14(20(2)3)10-18-13-9-19-21(4)16(22)15(13)17/h5-9,14,18H,10H2,1-4H3. The normalized spacial score (nSPS) is 12.5. The lowest BCUT2D eigenvalue weighted by atomic mass is 10.0. The van der Waals surface area contributed by atoms with E-state index >= 15 is 0 Å². The van der Waals surface area contributed by atoms with Gasteiger partial charge >= 0.3 is 0 Å². The van der Waals surface area contributed by atoms with Crippen molar-refractivity contribution in [2.45, 2.75) is 13.0 Å². The highest BCUT2D eigenvalue weighted by Crippen LogP contribution is 2.21. The average molecular weight is 321 g/mol. The van der Waals surface area contributed by atoms with Gasteiger partial charge < -0.3 is 10.2 Å². The Labute approximate surface area is 135 Å². The minimum Gasteiger partial charge on any atom is -0.380 e. The molecule has 22 heavy (non-hydrogen) atoms. The molecule has 0 aliphatic heterocycles. The Morgan fingerprint density at radius 3 is 2.55 bits per heavy atom. The molecule has 0 spiro atoms. The van der Waals surface area contributed by atoms with E-state index in [4.69, 9.17) is 11.6 Å². The molecule has 2 rings (SSSR count). The van der Waals surface area contributed by atoms with Gasteiger partial charge in [0.15, 0.2) is 0 Å². The van der Waals surface area contributed by atoms with Crippen LogP contribution in [0, 0.1) is 6.92 Å². The lowest BCUT2D eigenvalue weighted by molar-refractivity contribution is 0.312. The third-order valence-corrected chi connectivity index (χ3v) is 4.01. The van der Waals surface area contributed by atoms with E-state index in [1.54, 1.807) is 13.2 Å². The summed E-state index contributed by atoms with van der Waals surface area (Å²) in [6.07, 6.45) is 1.57. The maximum atomic E-state index is 11.8. The van der Waals surface area contributed by atoms with E-state index in [-0.39, 0.29) is 16.6 Å². The summed E-state index contributed by atoms with van der Waals surface area (Å²) in [6, 6.07) is 8.59. The van der Waals surface area contributed by atoms with Gasteiger partial charge in [-0.15, -0.1) is 0 Å². The van der Waals surface area contributed by atoms with E-state index in [2.05, 4.69) is 46.5 Å². The first-order valence-electron chi connectivity index (χ1n) is 7.09. The zero-order chi connectivity index (χ0) is 16.3. The number of hydrogen-bond acceptors (Lipinski definition) is 4. The fourth-order valence-electron chi connectivity index (χ4n) is 2.23. The van der Waals surface area contributed by atoms with Gasteiger partial charge in [0.05, 0.1) is 17.9 Å². The lowest BCUT2D eigenvalue weighted by Gasteiger charge is -2.25. The molecule has 0 bridgehead atoms. The molecule has 6 heteroatoms. The van der Waals surface area contributed by atoms with Gasteiger partial charge in [-0.2, -0.15) is 5.10 Å². The quantitative estimate of drug-likeness (QED) is 0.919. The van der Waals surface area contributed by atoms with E-state index in [9.17, 15) is 4.79 Å². The molecule has 1 unspecified atom stereocenters. The zero-order valence-corrected chi connectivity index (χ0v) is 14.1. The van der Waals surface area contributed by atoms with E-state index in [1.165, 1.54) is 15.8 Å². The molecule has 1 atom stereocenters. The molecule has 5 nitrogen and oxygen atoms in total. The Bertz CT molecular complexity index is 694. The number of likely N-dealkylation sites (N-methyl/N-ethyl adjacent to an activating group) is 1. The molecule has 1 aromatic heterocycles. The van der Waals surface area contributed by atoms with Gasteiger partial charge in [0.2, 0.25) is 0 Å². The lowest BCUT2D eigenvalue weighted by Crippen LogP contribution is -2.28. The van der Waals surface area contributed by atoms with Gasteiger partial charge in [-0.1, -0.05) is 41.4 Å². The van der Waals surface area contributed by atoms with Gasteiger partial charge in [-0.3, -0.25) is 4.79 Å². The third-order valence-electron chi connectivity index (χ3n) is 3.65. The number of aromatic nitrogens is 2. The van der Waals surface area contributed by atoms with Gasteiger partial charge in [-0.05, 0) is 26.6 Å². The zero-order valence-electron chi connectivity index (χ0n) is 13.3. The summed E-state index contributed by atoms with van der Waals surface area (Å²) in [6.45, 7) is 2.70. The van der Waals surface area contributed by atoms with Gasteiger partial charge in [0.25, 0.3) is 5.56 Å². The number of hydrogen-bond donors (Lipinski definition) is 1. The SMILES string of the molecule is Cc1ccc(C(CNc2cnn(C)c(=O)c2Cl)N(C)C)cc1. The van der Waals surface area contributed by atoms with Crippen molar-refractivity contribution in [3.8, 4) is 0 Å². The molecular formula is C16H21ClN4O. The molecule has 0 saturated carbocycles. The molecular weight excluding hydrogens is 300 g/mol. The number of rotatable bonds is 5. The minimum atomic E-state index is -0.302. The summed E-state index contributed by atoms with van der Waals surface area (Å²) < 4.78 is 1.22. The number of aryl methyl sites for hydroxylation is 2. The summed E-state index contributed by atoms with van der Waals surface area (Å²) in [4.78, 5) is 13.9. The Balaban J connectivity index is 2.18. The summed E-state index contributed by atoms with van der Waals surface area (Å²) in [5.41, 5.74) is 2.69. The maximum absolute atomic E-state index is 11.8. The van der Waals surface area contributed by atoms with Crippen LogP contribution in [0.2, 0.25) is 5.02 Å². The first-order chi connectivity index (χ1) is 10.4. The molecule has 0 aliphatic rings. The van der Waals surface area contributed by atoms with E-state index in [0.29, 0.717) is 12.2 Å². The predicted molar refractivity (Wildman–Crippen MR) is 90.6 cm³/mol. The molecule has 1 aromatic carbocycles. The second-order valence-corrected chi connectivity index (χ2v) is 5.95. The van der Waals surface area contributed by atoms with E-state index in [0.717, 1.165) is 0 Å². The molecule has 1 heterocycles. The van der Waals surface area contributed by atoms with Gasteiger partial charge in [0, 0.05) is 13.6 Å². The fraction of sp³-hybridized carbons (Fsp3) is 0.375. The predicted octanol–water partition coefficient (Wildman–Crippen LogP) is 2.46. The van der Waals surface area contributed by atoms with Crippen LogP contribution in [0.5, 0.6) is 0 Å². The van der Waals surface area contributed by atoms with Gasteiger partial charge in [0.1, 0.15) is 5.02 Å². The third kappa shape index (κ3) is 3.67. The molecule has 1 N–H and O–H groups in total. The van der Waals surface area contributed by atoms with Crippen LogP contribution >= 0.6 is 11.6 Å². The van der Waals surface area contributed by atoms with Crippen molar-refractivity contribution in [2.75, 3.05) is 26.0 Å². The van der Waals surface area contributed by atoms with Crippen LogP contribution in [0.25, 0.3) is 0 Å². The largest absolute Gasteiger partial charge is 0.380 e. The molecule has 0 aliphatic carbocycles.